The molecule has 0 spiro atoms. The van der Waals surface area contributed by atoms with Crippen LogP contribution in [-0.4, -0.2) is 21.0 Å². The second-order valence-corrected chi connectivity index (χ2v) is 4.12. The minimum absolute atomic E-state index is 0.158. The molecular weight excluding hydrogens is 305 g/mol. The summed E-state index contributed by atoms with van der Waals surface area (Å²) < 4.78 is 13.9. The SMILES string of the molecule is O=C(Nc1cnc(Br)cn1)c1c(O)cccc1F. The quantitative estimate of drug-likeness (QED) is 0.892. The number of aromatic nitrogens is 2. The van der Waals surface area contributed by atoms with Crippen LogP contribution in [0.4, 0.5) is 10.2 Å². The van der Waals surface area contributed by atoms with E-state index < -0.39 is 23.0 Å². The van der Waals surface area contributed by atoms with E-state index in [2.05, 4.69) is 31.2 Å². The predicted molar refractivity (Wildman–Crippen MR) is 65.8 cm³/mol. The van der Waals surface area contributed by atoms with Gasteiger partial charge in [-0.1, -0.05) is 6.07 Å². The van der Waals surface area contributed by atoms with E-state index in [9.17, 15) is 14.3 Å². The number of carbonyl (C=O) groups excluding carboxylic acids is 1. The van der Waals surface area contributed by atoms with E-state index in [0.29, 0.717) is 4.60 Å². The number of halogens is 2. The lowest BCUT2D eigenvalue weighted by Gasteiger charge is -2.06. The molecule has 1 heterocycles. The fraction of sp³-hybridized carbons (Fsp3) is 0. The number of benzene rings is 1. The number of hydrogen-bond donors (Lipinski definition) is 2. The predicted octanol–water partition coefficient (Wildman–Crippen LogP) is 2.34. The summed E-state index contributed by atoms with van der Waals surface area (Å²) in [4.78, 5) is 19.5. The van der Waals surface area contributed by atoms with Gasteiger partial charge in [-0.3, -0.25) is 4.79 Å². The van der Waals surface area contributed by atoms with Gasteiger partial charge in [0.25, 0.3) is 5.91 Å². The van der Waals surface area contributed by atoms with Crippen molar-refractivity contribution in [2.24, 2.45) is 0 Å². The fourth-order valence-corrected chi connectivity index (χ4v) is 1.50. The van der Waals surface area contributed by atoms with Crippen LogP contribution in [0.2, 0.25) is 0 Å². The van der Waals surface area contributed by atoms with E-state index in [-0.39, 0.29) is 5.82 Å². The molecule has 1 aromatic heterocycles. The average Bonchev–Trinajstić information content (AvgIpc) is 2.32. The Morgan fingerprint density at radius 3 is 2.72 bits per heavy atom. The molecule has 0 saturated heterocycles. The normalized spacial score (nSPS) is 10.1. The fourth-order valence-electron chi connectivity index (χ4n) is 1.29. The molecule has 0 unspecified atom stereocenters. The maximum absolute atomic E-state index is 13.4. The maximum atomic E-state index is 13.4. The first kappa shape index (κ1) is 12.4. The van der Waals surface area contributed by atoms with Crippen LogP contribution < -0.4 is 5.32 Å². The Morgan fingerprint density at radius 1 is 1.33 bits per heavy atom. The highest BCUT2D eigenvalue weighted by molar-refractivity contribution is 9.10. The van der Waals surface area contributed by atoms with Crippen molar-refractivity contribution >= 4 is 27.7 Å². The second-order valence-electron chi connectivity index (χ2n) is 3.31. The van der Waals surface area contributed by atoms with Crippen LogP contribution in [-0.2, 0) is 0 Å². The molecule has 7 heteroatoms. The van der Waals surface area contributed by atoms with Crippen molar-refractivity contribution in [2.75, 3.05) is 5.32 Å². The molecule has 5 nitrogen and oxygen atoms in total. The van der Waals surface area contributed by atoms with Gasteiger partial charge in [0, 0.05) is 0 Å². The Bertz CT molecular complexity index is 569. The van der Waals surface area contributed by atoms with Crippen LogP contribution >= 0.6 is 15.9 Å². The van der Waals surface area contributed by atoms with E-state index in [0.717, 1.165) is 6.07 Å². The number of aromatic hydroxyl groups is 1. The van der Waals surface area contributed by atoms with Crippen LogP contribution in [0.1, 0.15) is 10.4 Å². The van der Waals surface area contributed by atoms with E-state index in [1.165, 1.54) is 24.5 Å². The molecular formula is C11H7BrFN3O2. The number of nitrogens with one attached hydrogen (secondary N) is 1. The smallest absolute Gasteiger partial charge is 0.263 e. The molecule has 18 heavy (non-hydrogen) atoms. The van der Waals surface area contributed by atoms with Crippen LogP contribution in [0.15, 0.2) is 35.2 Å². The van der Waals surface area contributed by atoms with E-state index in [4.69, 9.17) is 0 Å². The van der Waals surface area contributed by atoms with Gasteiger partial charge >= 0.3 is 0 Å². The monoisotopic (exact) mass is 311 g/mol. The van der Waals surface area contributed by atoms with Crippen molar-refractivity contribution < 1.29 is 14.3 Å². The van der Waals surface area contributed by atoms with Crippen molar-refractivity contribution in [2.45, 2.75) is 0 Å². The molecule has 0 saturated carbocycles. The standard InChI is InChI=1S/C11H7BrFN3O2/c12-8-4-15-9(5-14-8)16-11(18)10-6(13)2-1-3-7(10)17/h1-5,17H,(H,15,16,18). The number of phenolic OH excluding ortho intramolecular Hbond substituents is 1. The first-order chi connectivity index (χ1) is 8.58. The Kier molecular flexibility index (Phi) is 3.52. The molecule has 0 fully saturated rings. The number of rotatable bonds is 2. The van der Waals surface area contributed by atoms with Gasteiger partial charge < -0.3 is 10.4 Å². The van der Waals surface area contributed by atoms with Gasteiger partial charge in [-0.05, 0) is 28.1 Å². The minimum atomic E-state index is -0.808. The molecule has 1 amide bonds. The number of carbonyl (C=O) groups is 1. The highest BCUT2D eigenvalue weighted by Crippen LogP contribution is 2.20. The zero-order valence-electron chi connectivity index (χ0n) is 8.89. The summed E-state index contributed by atoms with van der Waals surface area (Å²) in [6.45, 7) is 0. The van der Waals surface area contributed by atoms with E-state index >= 15 is 0 Å². The van der Waals surface area contributed by atoms with Gasteiger partial charge in [-0.15, -0.1) is 0 Å². The van der Waals surface area contributed by atoms with Crippen molar-refractivity contribution in [3.05, 3.63) is 46.6 Å². The van der Waals surface area contributed by atoms with Crippen LogP contribution in [0.3, 0.4) is 0 Å². The number of phenols is 1. The van der Waals surface area contributed by atoms with Gasteiger partial charge in [0.1, 0.15) is 21.7 Å². The van der Waals surface area contributed by atoms with Gasteiger partial charge in [-0.25, -0.2) is 14.4 Å². The molecule has 1 aromatic carbocycles. The Labute approximate surface area is 110 Å². The minimum Gasteiger partial charge on any atom is -0.507 e. The third-order valence-electron chi connectivity index (χ3n) is 2.08. The molecule has 0 atom stereocenters. The number of amides is 1. The van der Waals surface area contributed by atoms with Crippen molar-refractivity contribution in [3.63, 3.8) is 0 Å². The van der Waals surface area contributed by atoms with Gasteiger partial charge in [0.15, 0.2) is 5.82 Å². The summed E-state index contributed by atoms with van der Waals surface area (Å²) in [5.41, 5.74) is -0.429. The third kappa shape index (κ3) is 2.62. The zero-order valence-corrected chi connectivity index (χ0v) is 10.5. The lowest BCUT2D eigenvalue weighted by atomic mass is 10.2. The van der Waals surface area contributed by atoms with E-state index in [1.54, 1.807) is 0 Å². The summed E-state index contributed by atoms with van der Waals surface area (Å²) in [6.07, 6.45) is 2.69. The number of anilines is 1. The lowest BCUT2D eigenvalue weighted by Crippen LogP contribution is -2.15. The molecule has 0 radical (unpaired) electrons. The summed E-state index contributed by atoms with van der Waals surface area (Å²) in [5.74, 6) is -1.87. The van der Waals surface area contributed by atoms with Crippen molar-refractivity contribution in [3.8, 4) is 5.75 Å². The topological polar surface area (TPSA) is 75.1 Å². The van der Waals surface area contributed by atoms with Crippen LogP contribution in [0, 0.1) is 5.82 Å². The third-order valence-corrected chi connectivity index (χ3v) is 2.49. The molecule has 2 aromatic rings. The molecule has 92 valence electrons. The summed E-state index contributed by atoms with van der Waals surface area (Å²) >= 11 is 3.09. The first-order valence-electron chi connectivity index (χ1n) is 4.84. The summed E-state index contributed by atoms with van der Waals surface area (Å²) in [5, 5.41) is 11.8. The molecule has 0 bridgehead atoms. The zero-order chi connectivity index (χ0) is 13.1. The van der Waals surface area contributed by atoms with Gasteiger partial charge in [-0.2, -0.15) is 0 Å². The van der Waals surface area contributed by atoms with Crippen LogP contribution in [0.5, 0.6) is 5.75 Å². The Balaban J connectivity index is 2.25. The van der Waals surface area contributed by atoms with Crippen molar-refractivity contribution in [1.82, 2.24) is 9.97 Å². The highest BCUT2D eigenvalue weighted by Gasteiger charge is 2.16. The molecule has 0 aliphatic carbocycles. The molecule has 2 N–H and O–H groups in total. The van der Waals surface area contributed by atoms with Crippen molar-refractivity contribution in [1.29, 1.82) is 0 Å². The molecule has 2 rings (SSSR count). The molecule has 0 aliphatic heterocycles. The van der Waals surface area contributed by atoms with Gasteiger partial charge in [0.05, 0.1) is 12.4 Å². The lowest BCUT2D eigenvalue weighted by molar-refractivity contribution is 0.102. The summed E-state index contributed by atoms with van der Waals surface area (Å²) in [7, 11) is 0. The Morgan fingerprint density at radius 2 is 2.11 bits per heavy atom. The summed E-state index contributed by atoms with van der Waals surface area (Å²) in [6, 6.07) is 3.62. The molecule has 0 aliphatic rings. The average molecular weight is 312 g/mol. The number of nitrogens with zero attached hydrogens (tertiary/aromatic N) is 2. The second kappa shape index (κ2) is 5.09. The van der Waals surface area contributed by atoms with Crippen LogP contribution in [0.25, 0.3) is 0 Å². The highest BCUT2D eigenvalue weighted by atomic mass is 79.9. The Hall–Kier alpha value is -2.02. The maximum Gasteiger partial charge on any atom is 0.263 e. The van der Waals surface area contributed by atoms with Gasteiger partial charge in [0.2, 0.25) is 0 Å². The first-order valence-corrected chi connectivity index (χ1v) is 5.63. The number of hydrogen-bond acceptors (Lipinski definition) is 4. The largest absolute Gasteiger partial charge is 0.507 e. The van der Waals surface area contributed by atoms with E-state index in [1.807, 2.05) is 0 Å².